The zero-order valence-corrected chi connectivity index (χ0v) is 8.95. The van der Waals surface area contributed by atoms with Crippen molar-refractivity contribution in [3.05, 3.63) is 29.2 Å². The smallest absolute Gasteiger partial charge is 0.156 e. The van der Waals surface area contributed by atoms with Gasteiger partial charge in [0.2, 0.25) is 0 Å². The van der Waals surface area contributed by atoms with Gasteiger partial charge in [0.15, 0.2) is 5.65 Å². The predicted octanol–water partition coefficient (Wildman–Crippen LogP) is 2.32. The normalized spacial score (nSPS) is 10.8. The standard InChI is InChI=1S/C7H5ClIN3/c8-6-3-5(4-9)11-7-1-2-10-12(6)7/h1-3H,4H2. The van der Waals surface area contributed by atoms with Crippen LogP contribution >= 0.6 is 34.2 Å². The van der Waals surface area contributed by atoms with Crippen LogP contribution < -0.4 is 0 Å². The van der Waals surface area contributed by atoms with Crippen molar-refractivity contribution in [1.29, 1.82) is 0 Å². The van der Waals surface area contributed by atoms with Gasteiger partial charge in [-0.1, -0.05) is 34.2 Å². The van der Waals surface area contributed by atoms with Gasteiger partial charge in [0.05, 0.1) is 11.9 Å². The molecule has 0 spiro atoms. The first kappa shape index (κ1) is 8.25. The topological polar surface area (TPSA) is 30.2 Å². The molecule has 62 valence electrons. The SMILES string of the molecule is Clc1cc(CI)nc2ccnn12. The van der Waals surface area contributed by atoms with Crippen LogP contribution in [0, 0.1) is 0 Å². The van der Waals surface area contributed by atoms with Crippen molar-refractivity contribution in [1.82, 2.24) is 14.6 Å². The second-order valence-corrected chi connectivity index (χ2v) is 3.46. The van der Waals surface area contributed by atoms with Crippen LogP contribution in [0.5, 0.6) is 0 Å². The van der Waals surface area contributed by atoms with Crippen LogP contribution in [0.15, 0.2) is 18.3 Å². The highest BCUT2D eigenvalue weighted by atomic mass is 127. The number of aromatic nitrogens is 3. The van der Waals surface area contributed by atoms with Gasteiger partial charge in [-0.2, -0.15) is 5.10 Å². The molecule has 0 amide bonds. The minimum Gasteiger partial charge on any atom is -0.233 e. The Morgan fingerprint density at radius 1 is 1.58 bits per heavy atom. The summed E-state index contributed by atoms with van der Waals surface area (Å²) in [6.07, 6.45) is 1.69. The molecule has 0 saturated carbocycles. The molecule has 0 radical (unpaired) electrons. The van der Waals surface area contributed by atoms with E-state index in [1.54, 1.807) is 10.7 Å². The molecule has 2 heterocycles. The fraction of sp³-hybridized carbons (Fsp3) is 0.143. The molecular formula is C7H5ClIN3. The highest BCUT2D eigenvalue weighted by Crippen LogP contribution is 2.13. The quantitative estimate of drug-likeness (QED) is 0.459. The van der Waals surface area contributed by atoms with Gasteiger partial charge in [-0.3, -0.25) is 0 Å². The molecule has 5 heteroatoms. The van der Waals surface area contributed by atoms with Crippen LogP contribution in [0.3, 0.4) is 0 Å². The Labute approximate surface area is 87.9 Å². The molecule has 0 aliphatic rings. The molecule has 2 rings (SSSR count). The molecule has 3 nitrogen and oxygen atoms in total. The largest absolute Gasteiger partial charge is 0.233 e. The Balaban J connectivity index is 2.75. The fourth-order valence-corrected chi connectivity index (χ4v) is 1.64. The van der Waals surface area contributed by atoms with Crippen LogP contribution in [-0.2, 0) is 4.43 Å². The van der Waals surface area contributed by atoms with Crippen LogP contribution in [-0.4, -0.2) is 14.6 Å². The molecule has 0 bridgehead atoms. The van der Waals surface area contributed by atoms with E-state index in [0.29, 0.717) is 5.15 Å². The van der Waals surface area contributed by atoms with Crippen LogP contribution in [0.25, 0.3) is 5.65 Å². The Bertz CT molecular complexity index is 412. The molecular weight excluding hydrogens is 288 g/mol. The Morgan fingerprint density at radius 2 is 2.42 bits per heavy atom. The highest BCUT2D eigenvalue weighted by Gasteiger charge is 2.02. The number of hydrogen-bond acceptors (Lipinski definition) is 2. The fourth-order valence-electron chi connectivity index (χ4n) is 0.992. The number of hydrogen-bond donors (Lipinski definition) is 0. The number of fused-ring (bicyclic) bond motifs is 1. The molecule has 0 atom stereocenters. The molecule has 0 fully saturated rings. The first-order valence-corrected chi connectivity index (χ1v) is 5.27. The number of nitrogens with zero attached hydrogens (tertiary/aromatic N) is 3. The van der Waals surface area contributed by atoms with Gasteiger partial charge < -0.3 is 0 Å². The van der Waals surface area contributed by atoms with Crippen molar-refractivity contribution >= 4 is 39.8 Å². The first-order chi connectivity index (χ1) is 5.81. The summed E-state index contributed by atoms with van der Waals surface area (Å²) in [4.78, 5) is 4.32. The second kappa shape index (κ2) is 3.18. The highest BCUT2D eigenvalue weighted by molar-refractivity contribution is 14.1. The van der Waals surface area contributed by atoms with Crippen molar-refractivity contribution < 1.29 is 0 Å². The molecule has 2 aromatic rings. The molecule has 0 aliphatic heterocycles. The minimum absolute atomic E-state index is 0.608. The van der Waals surface area contributed by atoms with Crippen molar-refractivity contribution in [2.45, 2.75) is 4.43 Å². The third-order valence-corrected chi connectivity index (χ3v) is 2.56. The van der Waals surface area contributed by atoms with Gasteiger partial charge in [0.25, 0.3) is 0 Å². The third-order valence-electron chi connectivity index (χ3n) is 1.51. The van der Waals surface area contributed by atoms with E-state index in [1.807, 2.05) is 12.1 Å². The second-order valence-electron chi connectivity index (χ2n) is 2.31. The first-order valence-electron chi connectivity index (χ1n) is 3.36. The summed E-state index contributed by atoms with van der Waals surface area (Å²) in [5.41, 5.74) is 1.78. The lowest BCUT2D eigenvalue weighted by Crippen LogP contribution is -1.94. The monoisotopic (exact) mass is 293 g/mol. The number of alkyl halides is 1. The maximum absolute atomic E-state index is 5.94. The average molecular weight is 293 g/mol. The summed E-state index contributed by atoms with van der Waals surface area (Å²) in [7, 11) is 0. The molecule has 0 aromatic carbocycles. The average Bonchev–Trinajstić information content (AvgIpc) is 2.52. The number of rotatable bonds is 1. The van der Waals surface area contributed by atoms with Gasteiger partial charge in [-0.25, -0.2) is 9.50 Å². The third kappa shape index (κ3) is 1.29. The Kier molecular flexibility index (Phi) is 2.18. The zero-order chi connectivity index (χ0) is 8.55. The van der Waals surface area contributed by atoms with E-state index < -0.39 is 0 Å². The predicted molar refractivity (Wildman–Crippen MR) is 55.7 cm³/mol. The molecule has 0 saturated heterocycles. The van der Waals surface area contributed by atoms with Crippen LogP contribution in [0.4, 0.5) is 0 Å². The lowest BCUT2D eigenvalue weighted by atomic mass is 10.4. The van der Waals surface area contributed by atoms with Gasteiger partial charge in [-0.05, 0) is 6.07 Å². The van der Waals surface area contributed by atoms with E-state index in [1.165, 1.54) is 0 Å². The molecule has 2 aromatic heterocycles. The van der Waals surface area contributed by atoms with E-state index in [4.69, 9.17) is 11.6 Å². The summed E-state index contributed by atoms with van der Waals surface area (Å²) in [6, 6.07) is 3.66. The minimum atomic E-state index is 0.608. The Hall–Kier alpha value is -0.360. The summed E-state index contributed by atoms with van der Waals surface area (Å²) in [6.45, 7) is 0. The van der Waals surface area contributed by atoms with E-state index >= 15 is 0 Å². The summed E-state index contributed by atoms with van der Waals surface area (Å²) >= 11 is 8.19. The maximum Gasteiger partial charge on any atom is 0.156 e. The van der Waals surface area contributed by atoms with Crippen LogP contribution in [0.2, 0.25) is 5.15 Å². The summed E-state index contributed by atoms with van der Waals surface area (Å²) in [5, 5.41) is 4.62. The molecule has 12 heavy (non-hydrogen) atoms. The summed E-state index contributed by atoms with van der Waals surface area (Å²) < 4.78 is 2.47. The van der Waals surface area contributed by atoms with E-state index in [2.05, 4.69) is 32.7 Å². The van der Waals surface area contributed by atoms with Gasteiger partial charge in [0, 0.05) is 10.5 Å². The van der Waals surface area contributed by atoms with Gasteiger partial charge in [0.1, 0.15) is 5.15 Å². The van der Waals surface area contributed by atoms with Crippen LogP contribution in [0.1, 0.15) is 5.69 Å². The zero-order valence-electron chi connectivity index (χ0n) is 6.04. The molecule has 0 aliphatic carbocycles. The van der Waals surface area contributed by atoms with Crippen molar-refractivity contribution in [2.75, 3.05) is 0 Å². The van der Waals surface area contributed by atoms with E-state index in [0.717, 1.165) is 15.8 Å². The lowest BCUT2D eigenvalue weighted by molar-refractivity contribution is 0.930. The van der Waals surface area contributed by atoms with Gasteiger partial charge in [-0.15, -0.1) is 0 Å². The Morgan fingerprint density at radius 3 is 3.17 bits per heavy atom. The van der Waals surface area contributed by atoms with E-state index in [-0.39, 0.29) is 0 Å². The van der Waals surface area contributed by atoms with Crippen molar-refractivity contribution in [3.8, 4) is 0 Å². The molecule has 0 unspecified atom stereocenters. The summed E-state index contributed by atoms with van der Waals surface area (Å²) in [5.74, 6) is 0. The van der Waals surface area contributed by atoms with Gasteiger partial charge >= 0.3 is 0 Å². The van der Waals surface area contributed by atoms with Crippen molar-refractivity contribution in [3.63, 3.8) is 0 Å². The van der Waals surface area contributed by atoms with Crippen molar-refractivity contribution in [2.24, 2.45) is 0 Å². The molecule has 0 N–H and O–H groups in total. The van der Waals surface area contributed by atoms with E-state index in [9.17, 15) is 0 Å². The maximum atomic E-state index is 5.94. The lowest BCUT2D eigenvalue weighted by Gasteiger charge is -1.98. The number of halogens is 2.